The maximum Gasteiger partial charge on any atom is 0.297 e. The van der Waals surface area contributed by atoms with Crippen LogP contribution in [0.1, 0.15) is 51.9 Å². The molecule has 1 N–H and O–H groups in total. The number of hydrogen-bond acceptors (Lipinski definition) is 6. The van der Waals surface area contributed by atoms with Gasteiger partial charge in [-0.1, -0.05) is 6.92 Å². The van der Waals surface area contributed by atoms with Gasteiger partial charge in [-0.05, 0) is 44.4 Å². The SMILES string of the molecule is C[C@@H](COC1CCC(Oc2nc3c(F)cc(OC4CC4)c(F)c3n2C)CC1)CC(=O)CO. The number of ether oxygens (including phenoxy) is 3. The number of ketones is 1. The Morgan fingerprint density at radius 1 is 1.16 bits per heavy atom. The van der Waals surface area contributed by atoms with Crippen molar-refractivity contribution in [2.75, 3.05) is 13.2 Å². The number of Topliss-reactive ketones (excluding diaryl/α,β-unsaturated/α-hetero) is 1. The van der Waals surface area contributed by atoms with Crippen molar-refractivity contribution in [2.24, 2.45) is 13.0 Å². The zero-order chi connectivity index (χ0) is 22.8. The summed E-state index contributed by atoms with van der Waals surface area (Å²) in [6, 6.07) is 1.24. The number of aryl methyl sites for hydroxylation is 1. The van der Waals surface area contributed by atoms with E-state index >= 15 is 0 Å². The van der Waals surface area contributed by atoms with Crippen molar-refractivity contribution in [3.05, 3.63) is 17.7 Å². The second-order valence-electron chi connectivity index (χ2n) is 8.99. The molecule has 4 rings (SSSR count). The molecule has 1 aromatic heterocycles. The van der Waals surface area contributed by atoms with Crippen LogP contribution in [0, 0.1) is 17.6 Å². The highest BCUT2D eigenvalue weighted by atomic mass is 19.1. The number of halogens is 2. The molecule has 9 heteroatoms. The van der Waals surface area contributed by atoms with Gasteiger partial charge in [-0.25, -0.2) is 8.78 Å². The molecule has 1 aromatic carbocycles. The van der Waals surface area contributed by atoms with Crippen LogP contribution in [-0.2, 0) is 16.6 Å². The van der Waals surface area contributed by atoms with Gasteiger partial charge >= 0.3 is 0 Å². The summed E-state index contributed by atoms with van der Waals surface area (Å²) in [5.41, 5.74) is -0.0225. The zero-order valence-corrected chi connectivity index (χ0v) is 18.5. The molecule has 2 aliphatic carbocycles. The minimum absolute atomic E-state index is 0.0408. The molecule has 1 atom stereocenters. The lowest BCUT2D eigenvalue weighted by Gasteiger charge is -2.29. The Bertz CT molecular complexity index is 967. The summed E-state index contributed by atoms with van der Waals surface area (Å²) in [5, 5.41) is 8.84. The summed E-state index contributed by atoms with van der Waals surface area (Å²) < 4.78 is 48.3. The van der Waals surface area contributed by atoms with E-state index in [2.05, 4.69) is 4.98 Å². The van der Waals surface area contributed by atoms with Crippen LogP contribution in [0.5, 0.6) is 11.8 Å². The number of aromatic nitrogens is 2. The van der Waals surface area contributed by atoms with Crippen molar-refractivity contribution in [2.45, 2.75) is 70.2 Å². The smallest absolute Gasteiger partial charge is 0.297 e. The first-order valence-electron chi connectivity index (χ1n) is 11.3. The molecule has 0 amide bonds. The maximum absolute atomic E-state index is 14.9. The molecule has 0 bridgehead atoms. The predicted octanol–water partition coefficient (Wildman–Crippen LogP) is 3.69. The molecule has 0 saturated heterocycles. The largest absolute Gasteiger partial charge is 0.487 e. The van der Waals surface area contributed by atoms with Gasteiger partial charge in [0, 0.05) is 26.1 Å². The highest BCUT2D eigenvalue weighted by Gasteiger charge is 2.29. The van der Waals surface area contributed by atoms with Crippen LogP contribution in [0.2, 0.25) is 0 Å². The van der Waals surface area contributed by atoms with Crippen molar-refractivity contribution in [3.63, 3.8) is 0 Å². The van der Waals surface area contributed by atoms with E-state index in [0.717, 1.165) is 44.6 Å². The molecule has 2 fully saturated rings. The summed E-state index contributed by atoms with van der Waals surface area (Å²) in [6.07, 6.45) is 4.98. The van der Waals surface area contributed by atoms with Gasteiger partial charge in [0.15, 0.2) is 23.2 Å². The van der Waals surface area contributed by atoms with Crippen molar-refractivity contribution >= 4 is 16.8 Å². The first-order valence-corrected chi connectivity index (χ1v) is 11.3. The van der Waals surface area contributed by atoms with Crippen LogP contribution in [0.4, 0.5) is 8.78 Å². The summed E-state index contributed by atoms with van der Waals surface area (Å²) in [7, 11) is 1.61. The average molecular weight is 452 g/mol. The molecule has 1 heterocycles. The second kappa shape index (κ2) is 9.70. The maximum atomic E-state index is 14.9. The van der Waals surface area contributed by atoms with E-state index in [-0.39, 0.29) is 52.8 Å². The molecule has 2 aliphatic rings. The van der Waals surface area contributed by atoms with Gasteiger partial charge in [-0.2, -0.15) is 4.98 Å². The molecule has 0 aliphatic heterocycles. The predicted molar refractivity (Wildman–Crippen MR) is 113 cm³/mol. The number of fused-ring (bicyclic) bond motifs is 1. The van der Waals surface area contributed by atoms with Crippen molar-refractivity contribution in [1.82, 2.24) is 9.55 Å². The fourth-order valence-corrected chi connectivity index (χ4v) is 4.09. The third-order valence-electron chi connectivity index (χ3n) is 6.04. The van der Waals surface area contributed by atoms with Crippen LogP contribution in [0.3, 0.4) is 0 Å². The summed E-state index contributed by atoms with van der Waals surface area (Å²) in [6.45, 7) is 1.96. The molecule has 0 spiro atoms. The van der Waals surface area contributed by atoms with Gasteiger partial charge in [0.05, 0.1) is 12.2 Å². The van der Waals surface area contributed by atoms with Gasteiger partial charge in [0.1, 0.15) is 23.7 Å². The average Bonchev–Trinajstić information content (AvgIpc) is 3.53. The van der Waals surface area contributed by atoms with E-state index in [1.54, 1.807) is 7.05 Å². The third-order valence-corrected chi connectivity index (χ3v) is 6.04. The number of aliphatic hydroxyl groups excluding tert-OH is 1. The Kier molecular flexibility index (Phi) is 6.95. The lowest BCUT2D eigenvalue weighted by molar-refractivity contribution is -0.123. The number of hydrogen-bond donors (Lipinski definition) is 1. The van der Waals surface area contributed by atoms with Crippen molar-refractivity contribution in [1.29, 1.82) is 0 Å². The highest BCUT2D eigenvalue weighted by Crippen LogP contribution is 2.35. The monoisotopic (exact) mass is 452 g/mol. The van der Waals surface area contributed by atoms with Crippen LogP contribution in [-0.4, -0.2) is 52.0 Å². The first kappa shape index (κ1) is 22.9. The van der Waals surface area contributed by atoms with Crippen molar-refractivity contribution < 1.29 is 32.9 Å². The number of nitrogens with zero attached hydrogens (tertiary/aromatic N) is 2. The molecule has 0 unspecified atom stereocenters. The lowest BCUT2D eigenvalue weighted by Crippen LogP contribution is -2.30. The standard InChI is InChI=1S/C23H30F2N2O5/c1-13(9-14(29)11-28)12-30-15-3-5-17(6-4-15)32-23-26-21-18(24)10-19(31-16-7-8-16)20(25)22(21)27(23)2/h10,13,15-17,28H,3-9,11-12H2,1-2H3/t13-,15?,17?/m1/s1. The number of imidazole rings is 1. The van der Waals surface area contributed by atoms with Gasteiger partial charge in [-0.3, -0.25) is 9.36 Å². The van der Waals surface area contributed by atoms with Crippen LogP contribution in [0.15, 0.2) is 6.07 Å². The first-order chi connectivity index (χ1) is 15.4. The number of carbonyl (C=O) groups is 1. The normalized spacial score (nSPS) is 22.2. The lowest BCUT2D eigenvalue weighted by atomic mass is 9.95. The van der Waals surface area contributed by atoms with Gasteiger partial charge in [0.25, 0.3) is 6.01 Å². The Labute approximate surface area is 185 Å². The Morgan fingerprint density at radius 3 is 2.44 bits per heavy atom. The molecule has 2 saturated carbocycles. The van der Waals surface area contributed by atoms with Gasteiger partial charge in [0.2, 0.25) is 0 Å². The number of benzene rings is 1. The van der Waals surface area contributed by atoms with E-state index in [1.165, 1.54) is 4.57 Å². The highest BCUT2D eigenvalue weighted by molar-refractivity contribution is 5.80. The molecule has 176 valence electrons. The molecular weight excluding hydrogens is 422 g/mol. The van der Waals surface area contributed by atoms with Crippen LogP contribution >= 0.6 is 0 Å². The third kappa shape index (κ3) is 5.20. The zero-order valence-electron chi connectivity index (χ0n) is 18.5. The molecule has 7 nitrogen and oxygen atoms in total. The van der Waals surface area contributed by atoms with E-state index in [0.29, 0.717) is 13.0 Å². The molecule has 0 radical (unpaired) electrons. The Hall–Kier alpha value is -2.26. The van der Waals surface area contributed by atoms with Gasteiger partial charge < -0.3 is 19.3 Å². The number of aliphatic hydroxyl groups is 1. The molecule has 32 heavy (non-hydrogen) atoms. The van der Waals surface area contributed by atoms with Crippen LogP contribution in [0.25, 0.3) is 11.0 Å². The minimum Gasteiger partial charge on any atom is -0.487 e. The fourth-order valence-electron chi connectivity index (χ4n) is 4.09. The van der Waals surface area contributed by atoms with Gasteiger partial charge in [-0.15, -0.1) is 0 Å². The summed E-state index contributed by atoms with van der Waals surface area (Å²) in [4.78, 5) is 15.5. The van der Waals surface area contributed by atoms with Crippen molar-refractivity contribution in [3.8, 4) is 11.8 Å². The van der Waals surface area contributed by atoms with E-state index < -0.39 is 18.2 Å². The van der Waals surface area contributed by atoms with E-state index in [1.807, 2.05) is 6.92 Å². The quantitative estimate of drug-likeness (QED) is 0.592. The summed E-state index contributed by atoms with van der Waals surface area (Å²) >= 11 is 0. The minimum atomic E-state index is -0.631. The van der Waals surface area contributed by atoms with E-state index in [4.69, 9.17) is 19.3 Å². The summed E-state index contributed by atoms with van der Waals surface area (Å²) in [5.74, 6) is -1.46. The Morgan fingerprint density at radius 2 is 1.78 bits per heavy atom. The van der Waals surface area contributed by atoms with E-state index in [9.17, 15) is 13.6 Å². The molecule has 2 aromatic rings. The fraction of sp³-hybridized carbons (Fsp3) is 0.652. The topological polar surface area (TPSA) is 82.8 Å². The Balaban J connectivity index is 1.34. The molecular formula is C23H30F2N2O5. The number of rotatable bonds is 10. The second-order valence-corrected chi connectivity index (χ2v) is 8.99. The van der Waals surface area contributed by atoms with Crippen LogP contribution < -0.4 is 9.47 Å². The number of carbonyl (C=O) groups excluding carboxylic acids is 1.